The molecule has 1 aromatic rings. The van der Waals surface area contributed by atoms with E-state index in [1.54, 1.807) is 11.8 Å². The molecule has 1 aliphatic heterocycles. The summed E-state index contributed by atoms with van der Waals surface area (Å²) in [4.78, 5) is 6.38. The number of ether oxygens (including phenoxy) is 1. The summed E-state index contributed by atoms with van der Waals surface area (Å²) in [6, 6.07) is 0.142. The Morgan fingerprint density at radius 1 is 1.53 bits per heavy atom. The van der Waals surface area contributed by atoms with Gasteiger partial charge >= 0.3 is 0 Å². The average molecular weight is 237 g/mol. The monoisotopic (exact) mass is 237 g/mol. The second kappa shape index (κ2) is 4.27. The van der Waals surface area contributed by atoms with Crippen LogP contribution in [0.3, 0.4) is 0 Å². The van der Waals surface area contributed by atoms with Crippen LogP contribution in [0.1, 0.15) is 24.2 Å². The number of aliphatic imine (C=N–C) groups is 1. The van der Waals surface area contributed by atoms with Crippen LogP contribution >= 0.6 is 0 Å². The molecule has 6 nitrogen and oxygen atoms in total. The first-order chi connectivity index (χ1) is 8.10. The van der Waals surface area contributed by atoms with Crippen LogP contribution in [0.2, 0.25) is 0 Å². The molecule has 0 spiro atoms. The maximum absolute atomic E-state index is 5.87. The molecule has 1 unspecified atom stereocenters. The lowest BCUT2D eigenvalue weighted by Crippen LogP contribution is -2.36. The maximum Gasteiger partial charge on any atom is 0.216 e. The van der Waals surface area contributed by atoms with Crippen molar-refractivity contribution < 1.29 is 4.74 Å². The van der Waals surface area contributed by atoms with Crippen LogP contribution in [-0.2, 0) is 7.05 Å². The number of aryl methyl sites for hydroxylation is 2. The number of nitrogens with zero attached hydrogens (tertiary/aromatic N) is 4. The van der Waals surface area contributed by atoms with Crippen molar-refractivity contribution in [2.75, 3.05) is 20.2 Å². The molecule has 2 heterocycles. The maximum atomic E-state index is 5.87. The van der Waals surface area contributed by atoms with Gasteiger partial charge in [0.25, 0.3) is 0 Å². The summed E-state index contributed by atoms with van der Waals surface area (Å²) in [7, 11) is 3.54. The zero-order chi connectivity index (χ0) is 12.6. The summed E-state index contributed by atoms with van der Waals surface area (Å²) in [5, 5.41) is 4.39. The summed E-state index contributed by atoms with van der Waals surface area (Å²) in [6.45, 7) is 5.55. The van der Waals surface area contributed by atoms with E-state index in [0.29, 0.717) is 12.5 Å². The van der Waals surface area contributed by atoms with Crippen LogP contribution in [0.25, 0.3) is 0 Å². The van der Waals surface area contributed by atoms with E-state index >= 15 is 0 Å². The first-order valence-electron chi connectivity index (χ1n) is 5.74. The van der Waals surface area contributed by atoms with Crippen molar-refractivity contribution >= 4 is 5.96 Å². The van der Waals surface area contributed by atoms with Gasteiger partial charge in [0.2, 0.25) is 5.88 Å². The van der Waals surface area contributed by atoms with Gasteiger partial charge in [-0.15, -0.1) is 0 Å². The Morgan fingerprint density at radius 2 is 2.24 bits per heavy atom. The summed E-state index contributed by atoms with van der Waals surface area (Å²) in [6.07, 6.45) is 0. The van der Waals surface area contributed by atoms with Gasteiger partial charge < -0.3 is 15.4 Å². The number of hydrogen-bond donors (Lipinski definition) is 1. The minimum atomic E-state index is 0.142. The fourth-order valence-corrected chi connectivity index (χ4v) is 2.44. The molecule has 0 radical (unpaired) electrons. The van der Waals surface area contributed by atoms with Crippen molar-refractivity contribution in [3.05, 3.63) is 11.3 Å². The Kier molecular flexibility index (Phi) is 2.95. The van der Waals surface area contributed by atoms with Crippen molar-refractivity contribution in [2.24, 2.45) is 17.8 Å². The Morgan fingerprint density at radius 3 is 2.82 bits per heavy atom. The number of hydrogen-bond acceptors (Lipinski definition) is 5. The minimum absolute atomic E-state index is 0.142. The SMILES string of the molecule is CCN1C(N)=NCC1c1c(C)nn(C)c1OC. The highest BCUT2D eigenvalue weighted by molar-refractivity contribution is 5.80. The van der Waals surface area contributed by atoms with E-state index in [-0.39, 0.29) is 6.04 Å². The van der Waals surface area contributed by atoms with Crippen LogP contribution < -0.4 is 10.5 Å². The molecule has 6 heteroatoms. The van der Waals surface area contributed by atoms with Crippen LogP contribution in [0.5, 0.6) is 5.88 Å². The minimum Gasteiger partial charge on any atom is -0.481 e. The molecule has 1 aromatic heterocycles. The summed E-state index contributed by atoms with van der Waals surface area (Å²) in [5.41, 5.74) is 7.93. The van der Waals surface area contributed by atoms with Gasteiger partial charge in [-0.1, -0.05) is 0 Å². The van der Waals surface area contributed by atoms with Gasteiger partial charge in [-0.2, -0.15) is 5.10 Å². The van der Waals surface area contributed by atoms with Crippen LogP contribution in [0.15, 0.2) is 4.99 Å². The van der Waals surface area contributed by atoms with Gasteiger partial charge in [0.15, 0.2) is 5.96 Å². The first kappa shape index (κ1) is 11.8. The number of aromatic nitrogens is 2. The molecule has 0 saturated heterocycles. The lowest BCUT2D eigenvalue weighted by atomic mass is 10.1. The van der Waals surface area contributed by atoms with Crippen molar-refractivity contribution in [3.63, 3.8) is 0 Å². The third-order valence-electron chi connectivity index (χ3n) is 3.18. The van der Waals surface area contributed by atoms with Crippen LogP contribution in [0, 0.1) is 6.92 Å². The second-order valence-corrected chi connectivity index (χ2v) is 4.13. The Hall–Kier alpha value is -1.72. The van der Waals surface area contributed by atoms with Gasteiger partial charge in [-0.3, -0.25) is 4.99 Å². The predicted octanol–water partition coefficient (Wildman–Crippen LogP) is 0.428. The van der Waals surface area contributed by atoms with E-state index in [4.69, 9.17) is 10.5 Å². The Bertz CT molecular complexity index is 451. The second-order valence-electron chi connectivity index (χ2n) is 4.13. The predicted molar refractivity (Wildman–Crippen MR) is 66.1 cm³/mol. The van der Waals surface area contributed by atoms with Crippen LogP contribution in [0.4, 0.5) is 0 Å². The Labute approximate surface area is 101 Å². The fraction of sp³-hybridized carbons (Fsp3) is 0.636. The Balaban J connectivity index is 2.41. The van der Waals surface area contributed by atoms with Gasteiger partial charge in [0, 0.05) is 13.6 Å². The van der Waals surface area contributed by atoms with E-state index in [9.17, 15) is 0 Å². The lowest BCUT2D eigenvalue weighted by molar-refractivity contribution is 0.330. The van der Waals surface area contributed by atoms with Crippen molar-refractivity contribution in [3.8, 4) is 5.88 Å². The normalized spacial score (nSPS) is 19.6. The molecule has 1 atom stereocenters. The molecule has 0 aliphatic carbocycles. The molecule has 0 fully saturated rings. The van der Waals surface area contributed by atoms with E-state index < -0.39 is 0 Å². The summed E-state index contributed by atoms with van der Waals surface area (Å²) < 4.78 is 7.18. The van der Waals surface area contributed by atoms with Crippen LogP contribution in [-0.4, -0.2) is 40.8 Å². The highest BCUT2D eigenvalue weighted by Gasteiger charge is 2.32. The molecule has 2 rings (SSSR count). The molecule has 2 N–H and O–H groups in total. The number of methoxy groups -OCH3 is 1. The average Bonchev–Trinajstić information content (AvgIpc) is 2.78. The summed E-state index contributed by atoms with van der Waals surface area (Å²) >= 11 is 0. The molecular formula is C11H19N5O. The molecule has 17 heavy (non-hydrogen) atoms. The zero-order valence-corrected chi connectivity index (χ0v) is 10.8. The number of rotatable bonds is 3. The molecule has 0 saturated carbocycles. The van der Waals surface area contributed by atoms with Gasteiger partial charge in [-0.05, 0) is 13.8 Å². The van der Waals surface area contributed by atoms with Crippen molar-refractivity contribution in [1.82, 2.24) is 14.7 Å². The fourth-order valence-electron chi connectivity index (χ4n) is 2.44. The lowest BCUT2D eigenvalue weighted by Gasteiger charge is -2.25. The molecule has 1 aliphatic rings. The van der Waals surface area contributed by atoms with Gasteiger partial charge in [0.05, 0.1) is 31.0 Å². The topological polar surface area (TPSA) is 68.7 Å². The molecular weight excluding hydrogens is 218 g/mol. The van der Waals surface area contributed by atoms with Gasteiger partial charge in [0.1, 0.15) is 0 Å². The smallest absolute Gasteiger partial charge is 0.216 e. The number of nitrogens with two attached hydrogens (primary N) is 1. The number of guanidine groups is 1. The number of likely N-dealkylation sites (N-methyl/N-ethyl adjacent to an activating group) is 1. The van der Waals surface area contributed by atoms with E-state index in [2.05, 4.69) is 21.9 Å². The zero-order valence-electron chi connectivity index (χ0n) is 10.8. The molecule has 0 aromatic carbocycles. The highest BCUT2D eigenvalue weighted by Crippen LogP contribution is 2.34. The van der Waals surface area contributed by atoms with E-state index in [1.165, 1.54) is 0 Å². The summed E-state index contributed by atoms with van der Waals surface area (Å²) in [5.74, 6) is 1.39. The third kappa shape index (κ3) is 1.73. The quantitative estimate of drug-likeness (QED) is 0.827. The molecule has 0 amide bonds. The van der Waals surface area contributed by atoms with Crippen molar-refractivity contribution in [2.45, 2.75) is 19.9 Å². The van der Waals surface area contributed by atoms with Gasteiger partial charge in [-0.25, -0.2) is 4.68 Å². The largest absolute Gasteiger partial charge is 0.481 e. The third-order valence-corrected chi connectivity index (χ3v) is 3.18. The first-order valence-corrected chi connectivity index (χ1v) is 5.74. The molecule has 0 bridgehead atoms. The standard InChI is InChI=1S/C11H19N5O/c1-5-16-8(6-13-11(16)12)9-7(2)14-15(3)10(9)17-4/h8H,5-6H2,1-4H3,(H2,12,13). The van der Waals surface area contributed by atoms with E-state index in [0.717, 1.165) is 23.7 Å². The van der Waals surface area contributed by atoms with Crippen molar-refractivity contribution in [1.29, 1.82) is 0 Å². The van der Waals surface area contributed by atoms with E-state index in [1.807, 2.05) is 14.0 Å². The molecule has 94 valence electrons. The highest BCUT2D eigenvalue weighted by atomic mass is 16.5.